The van der Waals surface area contributed by atoms with Gasteiger partial charge in [0.05, 0.1) is 7.11 Å². The minimum absolute atomic E-state index is 0.0170. The average molecular weight is 444 g/mol. The molecule has 0 aliphatic carbocycles. The molecule has 4 rings (SSSR count). The largest absolute Gasteiger partial charge is 0.497 e. The first-order valence-electron chi connectivity index (χ1n) is 11.1. The third-order valence-electron chi connectivity index (χ3n) is 5.71. The Morgan fingerprint density at radius 2 is 1.73 bits per heavy atom. The molecule has 0 aromatic heterocycles. The molecule has 6 heteroatoms. The van der Waals surface area contributed by atoms with Gasteiger partial charge in [-0.2, -0.15) is 0 Å². The highest BCUT2D eigenvalue weighted by molar-refractivity contribution is 6.05. The van der Waals surface area contributed by atoms with Crippen molar-refractivity contribution >= 4 is 23.3 Å². The van der Waals surface area contributed by atoms with Crippen molar-refractivity contribution in [3.8, 4) is 5.75 Å². The lowest BCUT2D eigenvalue weighted by atomic mass is 10.1. The summed E-state index contributed by atoms with van der Waals surface area (Å²) in [5.74, 6) is 0.395. The number of benzene rings is 3. The highest BCUT2D eigenvalue weighted by Crippen LogP contribution is 2.25. The summed E-state index contributed by atoms with van der Waals surface area (Å²) in [4.78, 5) is 29.6. The van der Waals surface area contributed by atoms with Crippen LogP contribution >= 0.6 is 0 Å². The molecule has 1 heterocycles. The average Bonchev–Trinajstić information content (AvgIpc) is 2.80. The summed E-state index contributed by atoms with van der Waals surface area (Å²) < 4.78 is 5.20. The molecule has 1 fully saturated rings. The number of methoxy groups -OCH3 is 1. The summed E-state index contributed by atoms with van der Waals surface area (Å²) in [6, 6.07) is 20.8. The van der Waals surface area contributed by atoms with Crippen LogP contribution in [0.4, 0.5) is 16.2 Å². The molecule has 1 aliphatic heterocycles. The molecule has 0 spiro atoms. The van der Waals surface area contributed by atoms with Crippen molar-refractivity contribution in [3.05, 3.63) is 89.0 Å². The Morgan fingerprint density at radius 3 is 2.48 bits per heavy atom. The van der Waals surface area contributed by atoms with Crippen molar-refractivity contribution < 1.29 is 14.3 Å². The summed E-state index contributed by atoms with van der Waals surface area (Å²) in [7, 11) is 1.57. The van der Waals surface area contributed by atoms with E-state index in [0.29, 0.717) is 30.1 Å². The molecule has 3 aromatic rings. The lowest BCUT2D eigenvalue weighted by Gasteiger charge is -2.36. The van der Waals surface area contributed by atoms with E-state index in [4.69, 9.17) is 4.74 Å². The maximum absolute atomic E-state index is 13.3. The van der Waals surface area contributed by atoms with E-state index < -0.39 is 0 Å². The smallest absolute Gasteiger partial charge is 0.324 e. The zero-order valence-electron chi connectivity index (χ0n) is 19.3. The number of rotatable bonds is 6. The Morgan fingerprint density at radius 1 is 0.970 bits per heavy atom. The van der Waals surface area contributed by atoms with Crippen LogP contribution in [0.1, 0.15) is 33.5 Å². The zero-order chi connectivity index (χ0) is 23.4. The lowest BCUT2D eigenvalue weighted by Crippen LogP contribution is -2.49. The van der Waals surface area contributed by atoms with E-state index in [-0.39, 0.29) is 11.9 Å². The van der Waals surface area contributed by atoms with Gasteiger partial charge in [0.2, 0.25) is 0 Å². The first-order chi connectivity index (χ1) is 15.9. The molecular formula is C27H29N3O3. The van der Waals surface area contributed by atoms with Crippen LogP contribution in [-0.4, -0.2) is 37.0 Å². The van der Waals surface area contributed by atoms with E-state index in [1.807, 2.05) is 29.2 Å². The number of nitrogens with one attached hydrogen (secondary N) is 1. The van der Waals surface area contributed by atoms with Crippen LogP contribution in [-0.2, 0) is 6.54 Å². The Hall–Kier alpha value is -3.80. The number of carbonyl (C=O) groups excluding carboxylic acids is 2. The van der Waals surface area contributed by atoms with Crippen LogP contribution in [0.25, 0.3) is 0 Å². The van der Waals surface area contributed by atoms with Gasteiger partial charge in [-0.3, -0.25) is 9.69 Å². The fourth-order valence-electron chi connectivity index (χ4n) is 4.27. The first kappa shape index (κ1) is 22.4. The minimum atomic E-state index is -0.229. The van der Waals surface area contributed by atoms with Gasteiger partial charge in [-0.05, 0) is 62.2 Å². The van der Waals surface area contributed by atoms with Gasteiger partial charge in [-0.1, -0.05) is 41.5 Å². The highest BCUT2D eigenvalue weighted by atomic mass is 16.5. The van der Waals surface area contributed by atoms with Crippen LogP contribution < -0.4 is 15.0 Å². The Kier molecular flexibility index (Phi) is 6.63. The zero-order valence-corrected chi connectivity index (χ0v) is 19.3. The van der Waals surface area contributed by atoms with E-state index in [1.165, 1.54) is 11.1 Å². The number of nitrogens with zero attached hydrogens (tertiary/aromatic N) is 2. The van der Waals surface area contributed by atoms with Gasteiger partial charge in [-0.25, -0.2) is 4.79 Å². The molecule has 3 amide bonds. The van der Waals surface area contributed by atoms with Crippen LogP contribution in [0.2, 0.25) is 0 Å². The van der Waals surface area contributed by atoms with Crippen molar-refractivity contribution in [2.24, 2.45) is 0 Å². The molecule has 1 aliphatic rings. The predicted molar refractivity (Wildman–Crippen MR) is 131 cm³/mol. The topological polar surface area (TPSA) is 61.9 Å². The first-order valence-corrected chi connectivity index (χ1v) is 11.1. The molecule has 33 heavy (non-hydrogen) atoms. The Bertz CT molecular complexity index is 1150. The van der Waals surface area contributed by atoms with Crippen molar-refractivity contribution in [1.82, 2.24) is 4.90 Å². The van der Waals surface area contributed by atoms with Gasteiger partial charge < -0.3 is 15.0 Å². The number of carbonyl (C=O) groups is 2. The van der Waals surface area contributed by atoms with Gasteiger partial charge in [0.25, 0.3) is 5.91 Å². The third kappa shape index (κ3) is 5.34. The maximum atomic E-state index is 13.3. The molecule has 0 radical (unpaired) electrons. The van der Waals surface area contributed by atoms with Crippen molar-refractivity contribution in [1.29, 1.82) is 0 Å². The van der Waals surface area contributed by atoms with Crippen LogP contribution in [0, 0.1) is 13.8 Å². The van der Waals surface area contributed by atoms with Crippen molar-refractivity contribution in [3.63, 3.8) is 0 Å². The number of hydrogen-bond donors (Lipinski definition) is 1. The minimum Gasteiger partial charge on any atom is -0.497 e. The molecule has 1 saturated heterocycles. The fraction of sp³-hybridized carbons (Fsp3) is 0.259. The summed E-state index contributed by atoms with van der Waals surface area (Å²) >= 11 is 0. The van der Waals surface area contributed by atoms with Gasteiger partial charge >= 0.3 is 6.03 Å². The number of amides is 3. The van der Waals surface area contributed by atoms with E-state index >= 15 is 0 Å². The van der Waals surface area contributed by atoms with Crippen LogP contribution in [0.15, 0.2) is 66.7 Å². The SMILES string of the molecule is COc1cccc(C(=O)Nc2cccc(N3CCCN(Cc4cc(C)cc(C)c4)C3=O)c2)c1. The van der Waals surface area contributed by atoms with Gasteiger partial charge in [0.15, 0.2) is 0 Å². The number of hydrogen-bond acceptors (Lipinski definition) is 3. The van der Waals surface area contributed by atoms with Crippen LogP contribution in [0.5, 0.6) is 5.75 Å². The maximum Gasteiger partial charge on any atom is 0.324 e. The molecule has 0 saturated carbocycles. The van der Waals surface area contributed by atoms with Crippen LogP contribution in [0.3, 0.4) is 0 Å². The summed E-state index contributed by atoms with van der Waals surface area (Å²) in [6.45, 7) is 6.12. The number of ether oxygens (including phenoxy) is 1. The van der Waals surface area contributed by atoms with Crippen molar-refractivity contribution in [2.75, 3.05) is 30.4 Å². The second-order valence-corrected chi connectivity index (χ2v) is 8.44. The van der Waals surface area contributed by atoms with E-state index in [0.717, 1.165) is 24.2 Å². The molecule has 6 nitrogen and oxygen atoms in total. The second-order valence-electron chi connectivity index (χ2n) is 8.44. The molecule has 170 valence electrons. The molecule has 0 bridgehead atoms. The van der Waals surface area contributed by atoms with Gasteiger partial charge in [0.1, 0.15) is 5.75 Å². The molecular weight excluding hydrogens is 414 g/mol. The standard InChI is InChI=1S/C27H29N3O3/c1-19-13-20(2)15-21(14-19)18-29-11-6-12-30(27(29)32)24-9-5-8-23(17-24)28-26(31)22-7-4-10-25(16-22)33-3/h4-5,7-10,13-17H,6,11-12,18H2,1-3H3,(H,28,31). The summed E-state index contributed by atoms with van der Waals surface area (Å²) in [5, 5.41) is 2.92. The highest BCUT2D eigenvalue weighted by Gasteiger charge is 2.27. The molecule has 1 N–H and O–H groups in total. The Labute approximate surface area is 194 Å². The van der Waals surface area contributed by atoms with E-state index in [2.05, 4.69) is 37.4 Å². The van der Waals surface area contributed by atoms with Gasteiger partial charge in [-0.15, -0.1) is 0 Å². The van der Waals surface area contributed by atoms with E-state index in [1.54, 1.807) is 36.3 Å². The van der Waals surface area contributed by atoms with Crippen molar-refractivity contribution in [2.45, 2.75) is 26.8 Å². The number of anilines is 2. The molecule has 0 unspecified atom stereocenters. The number of urea groups is 1. The monoisotopic (exact) mass is 443 g/mol. The molecule has 3 aromatic carbocycles. The normalized spacial score (nSPS) is 13.7. The van der Waals surface area contributed by atoms with Gasteiger partial charge in [0, 0.05) is 36.6 Å². The fourth-order valence-corrected chi connectivity index (χ4v) is 4.27. The predicted octanol–water partition coefficient (Wildman–Crippen LogP) is 5.40. The molecule has 0 atom stereocenters. The summed E-state index contributed by atoms with van der Waals surface area (Å²) in [5.41, 5.74) is 5.46. The Balaban J connectivity index is 1.48. The third-order valence-corrected chi connectivity index (χ3v) is 5.71. The second kappa shape index (κ2) is 9.77. The number of aryl methyl sites for hydroxylation is 2. The quantitative estimate of drug-likeness (QED) is 0.555. The van der Waals surface area contributed by atoms with E-state index in [9.17, 15) is 9.59 Å². The lowest BCUT2D eigenvalue weighted by molar-refractivity contribution is 0.102. The summed E-state index contributed by atoms with van der Waals surface area (Å²) in [6.07, 6.45) is 0.886.